The van der Waals surface area contributed by atoms with Crippen LogP contribution in [0.2, 0.25) is 0 Å². The van der Waals surface area contributed by atoms with E-state index in [1.807, 2.05) is 74.7 Å². The average molecular weight is 459 g/mol. The van der Waals surface area contributed by atoms with Gasteiger partial charge in [0, 0.05) is 11.9 Å². The van der Waals surface area contributed by atoms with Gasteiger partial charge in [0.25, 0.3) is 0 Å². The van der Waals surface area contributed by atoms with E-state index in [1.165, 1.54) is 16.2 Å². The molecule has 33 heavy (non-hydrogen) atoms. The van der Waals surface area contributed by atoms with Crippen molar-refractivity contribution in [3.05, 3.63) is 76.0 Å². The Bertz CT molecular complexity index is 1260. The summed E-state index contributed by atoms with van der Waals surface area (Å²) < 4.78 is 5.88. The van der Waals surface area contributed by atoms with Crippen molar-refractivity contribution >= 4 is 23.2 Å². The number of hydrogen-bond acceptors (Lipinski definition) is 5. The standard InChI is InChI=1S/C26H26N4O2S/c1-16(2)32-21-10-6-9-19(12-21)23-24(31)30(4)25(28)29-26(23,3)22-13-20(15-33-22)18-8-5-7-17(11-18)14-27/h5-13,15-16,23H,1-4H3,(H2,28,29). The zero-order valence-electron chi connectivity index (χ0n) is 19.0. The molecule has 0 spiro atoms. The third kappa shape index (κ3) is 4.22. The van der Waals surface area contributed by atoms with E-state index >= 15 is 0 Å². The average Bonchev–Trinajstić information content (AvgIpc) is 3.29. The molecule has 3 aromatic rings. The van der Waals surface area contributed by atoms with E-state index in [2.05, 4.69) is 11.4 Å². The van der Waals surface area contributed by atoms with Crippen molar-refractivity contribution in [3.8, 4) is 22.9 Å². The van der Waals surface area contributed by atoms with Crippen LogP contribution in [0.15, 0.2) is 60.0 Å². The van der Waals surface area contributed by atoms with E-state index in [-0.39, 0.29) is 18.0 Å². The summed E-state index contributed by atoms with van der Waals surface area (Å²) in [5.41, 5.74) is 2.52. The van der Waals surface area contributed by atoms with Gasteiger partial charge in [-0.05, 0) is 73.2 Å². The van der Waals surface area contributed by atoms with E-state index in [0.717, 1.165) is 21.6 Å². The van der Waals surface area contributed by atoms with Crippen LogP contribution in [0.4, 0.5) is 0 Å². The van der Waals surface area contributed by atoms with Crippen LogP contribution >= 0.6 is 11.3 Å². The van der Waals surface area contributed by atoms with Gasteiger partial charge in [0.15, 0.2) is 5.96 Å². The molecule has 0 aliphatic carbocycles. The Balaban J connectivity index is 1.79. The van der Waals surface area contributed by atoms with Gasteiger partial charge in [0.1, 0.15) is 5.75 Å². The number of nitrogens with one attached hydrogen (secondary N) is 2. The first-order valence-electron chi connectivity index (χ1n) is 10.7. The highest BCUT2D eigenvalue weighted by molar-refractivity contribution is 7.10. The fourth-order valence-electron chi connectivity index (χ4n) is 4.20. The zero-order chi connectivity index (χ0) is 23.8. The van der Waals surface area contributed by atoms with Crippen LogP contribution in [0.1, 0.15) is 42.7 Å². The number of amides is 1. The summed E-state index contributed by atoms with van der Waals surface area (Å²) in [5, 5.41) is 22.9. The summed E-state index contributed by atoms with van der Waals surface area (Å²) >= 11 is 1.54. The van der Waals surface area contributed by atoms with Crippen LogP contribution in [0, 0.1) is 16.7 Å². The van der Waals surface area contributed by atoms with Crippen LogP contribution in [0.3, 0.4) is 0 Å². The minimum absolute atomic E-state index is 0.0201. The summed E-state index contributed by atoms with van der Waals surface area (Å²) in [5.74, 6) is 0.0736. The Hall–Kier alpha value is -3.63. The minimum atomic E-state index is -0.827. The van der Waals surface area contributed by atoms with Crippen LogP contribution in [-0.2, 0) is 10.3 Å². The Morgan fingerprint density at radius 3 is 2.67 bits per heavy atom. The summed E-state index contributed by atoms with van der Waals surface area (Å²) in [4.78, 5) is 15.8. The van der Waals surface area contributed by atoms with E-state index in [1.54, 1.807) is 13.1 Å². The molecule has 1 fully saturated rings. The van der Waals surface area contributed by atoms with Crippen LogP contribution in [0.25, 0.3) is 11.1 Å². The van der Waals surface area contributed by atoms with Gasteiger partial charge in [-0.15, -0.1) is 11.3 Å². The van der Waals surface area contributed by atoms with Crippen molar-refractivity contribution in [2.24, 2.45) is 0 Å². The number of guanidine groups is 1. The molecule has 0 radical (unpaired) electrons. The molecule has 1 amide bonds. The minimum Gasteiger partial charge on any atom is -0.491 e. The molecule has 2 unspecified atom stereocenters. The molecular weight excluding hydrogens is 432 g/mol. The molecule has 1 saturated heterocycles. The highest BCUT2D eigenvalue weighted by Crippen LogP contribution is 2.44. The molecule has 2 atom stereocenters. The van der Waals surface area contributed by atoms with Gasteiger partial charge in [0.05, 0.1) is 29.2 Å². The topological polar surface area (TPSA) is 89.2 Å². The number of rotatable bonds is 5. The molecule has 6 nitrogen and oxygen atoms in total. The number of benzene rings is 2. The molecule has 1 aromatic heterocycles. The van der Waals surface area contributed by atoms with Crippen molar-refractivity contribution in [2.45, 2.75) is 38.3 Å². The summed E-state index contributed by atoms with van der Waals surface area (Å²) in [6.45, 7) is 5.90. The van der Waals surface area contributed by atoms with E-state index < -0.39 is 11.5 Å². The normalized spacial score (nSPS) is 20.5. The third-order valence-corrected chi connectivity index (χ3v) is 7.04. The lowest BCUT2D eigenvalue weighted by Gasteiger charge is -2.45. The van der Waals surface area contributed by atoms with Gasteiger partial charge in [-0.1, -0.05) is 24.3 Å². The van der Waals surface area contributed by atoms with Crippen molar-refractivity contribution < 1.29 is 9.53 Å². The van der Waals surface area contributed by atoms with Gasteiger partial charge in [0.2, 0.25) is 5.91 Å². The monoisotopic (exact) mass is 458 g/mol. The number of hydrogen-bond donors (Lipinski definition) is 2. The lowest BCUT2D eigenvalue weighted by molar-refractivity contribution is -0.131. The van der Waals surface area contributed by atoms with Crippen molar-refractivity contribution in [1.29, 1.82) is 10.7 Å². The zero-order valence-corrected chi connectivity index (χ0v) is 19.9. The maximum Gasteiger partial charge on any atom is 0.239 e. The number of carbonyl (C=O) groups excluding carboxylic acids is 1. The van der Waals surface area contributed by atoms with Gasteiger partial charge < -0.3 is 10.1 Å². The van der Waals surface area contributed by atoms with Gasteiger partial charge in [-0.3, -0.25) is 15.1 Å². The molecule has 4 rings (SSSR count). The lowest BCUT2D eigenvalue weighted by atomic mass is 9.76. The van der Waals surface area contributed by atoms with Crippen molar-refractivity contribution in [3.63, 3.8) is 0 Å². The number of likely N-dealkylation sites (N-methyl/N-ethyl adjacent to an activating group) is 1. The van der Waals surface area contributed by atoms with Crippen molar-refractivity contribution in [1.82, 2.24) is 10.2 Å². The first kappa shape index (κ1) is 22.6. The second kappa shape index (κ2) is 8.72. The number of nitrogens with zero attached hydrogens (tertiary/aromatic N) is 2. The highest BCUT2D eigenvalue weighted by Gasteiger charge is 2.49. The molecule has 1 aliphatic heterocycles. The quantitative estimate of drug-likeness (QED) is 0.559. The maximum atomic E-state index is 13.5. The summed E-state index contributed by atoms with van der Waals surface area (Å²) in [7, 11) is 1.62. The third-order valence-electron chi connectivity index (χ3n) is 5.87. The Morgan fingerprint density at radius 1 is 1.18 bits per heavy atom. The van der Waals surface area contributed by atoms with Gasteiger partial charge in [-0.25, -0.2) is 0 Å². The van der Waals surface area contributed by atoms with Crippen molar-refractivity contribution in [2.75, 3.05) is 7.05 Å². The molecule has 0 bridgehead atoms. The van der Waals surface area contributed by atoms with Gasteiger partial charge in [-0.2, -0.15) is 5.26 Å². The second-order valence-electron chi connectivity index (χ2n) is 8.64. The van der Waals surface area contributed by atoms with E-state index in [4.69, 9.17) is 10.1 Å². The lowest BCUT2D eigenvalue weighted by Crippen LogP contribution is -2.62. The molecule has 1 aliphatic rings. The Morgan fingerprint density at radius 2 is 1.94 bits per heavy atom. The molecule has 2 heterocycles. The molecule has 0 saturated carbocycles. The number of ether oxygens (including phenoxy) is 1. The largest absolute Gasteiger partial charge is 0.491 e. The maximum absolute atomic E-state index is 13.5. The molecule has 7 heteroatoms. The van der Waals surface area contributed by atoms with E-state index in [9.17, 15) is 10.1 Å². The van der Waals surface area contributed by atoms with Gasteiger partial charge >= 0.3 is 0 Å². The van der Waals surface area contributed by atoms with Crippen LogP contribution in [0.5, 0.6) is 5.75 Å². The Labute approximate surface area is 197 Å². The smallest absolute Gasteiger partial charge is 0.239 e. The predicted octanol–water partition coefficient (Wildman–Crippen LogP) is 5.07. The number of nitriles is 1. The molecular formula is C26H26N4O2S. The fourth-order valence-corrected chi connectivity index (χ4v) is 5.27. The number of thiophene rings is 1. The number of carbonyl (C=O) groups is 1. The SMILES string of the molecule is CC(C)Oc1cccc(C2C(=O)N(C)C(=N)NC2(C)c2cc(-c3cccc(C#N)c3)cs2)c1. The summed E-state index contributed by atoms with van der Waals surface area (Å²) in [6, 6.07) is 19.3. The fraction of sp³-hybridized carbons (Fsp3) is 0.269. The van der Waals surface area contributed by atoms with E-state index in [0.29, 0.717) is 11.3 Å². The molecule has 168 valence electrons. The first-order chi connectivity index (χ1) is 15.7. The Kier molecular flexibility index (Phi) is 5.96. The first-order valence-corrected chi connectivity index (χ1v) is 11.6. The molecule has 2 N–H and O–H groups in total. The summed E-state index contributed by atoms with van der Waals surface area (Å²) in [6.07, 6.45) is 0.0201. The highest BCUT2D eigenvalue weighted by atomic mass is 32.1. The van der Waals surface area contributed by atoms with Crippen LogP contribution in [-0.4, -0.2) is 29.9 Å². The predicted molar refractivity (Wildman–Crippen MR) is 130 cm³/mol. The molecule has 2 aromatic carbocycles. The second-order valence-corrected chi connectivity index (χ2v) is 9.55. The van der Waals surface area contributed by atoms with Crippen LogP contribution < -0.4 is 10.1 Å².